The summed E-state index contributed by atoms with van der Waals surface area (Å²) in [5.41, 5.74) is 1.77. The molecule has 23 heavy (non-hydrogen) atoms. The van der Waals surface area contributed by atoms with E-state index in [1.807, 2.05) is 6.07 Å². The molecule has 1 heterocycles. The van der Waals surface area contributed by atoms with Crippen molar-refractivity contribution in [3.05, 3.63) is 23.8 Å². The van der Waals surface area contributed by atoms with Crippen LogP contribution in [0.5, 0.6) is 0 Å². The van der Waals surface area contributed by atoms with Gasteiger partial charge in [-0.05, 0) is 37.0 Å². The number of nitrogens with one attached hydrogen (secondary N) is 1. The zero-order valence-corrected chi connectivity index (χ0v) is 14.4. The van der Waals surface area contributed by atoms with Gasteiger partial charge in [0.2, 0.25) is 15.9 Å². The van der Waals surface area contributed by atoms with E-state index in [9.17, 15) is 13.2 Å². The summed E-state index contributed by atoms with van der Waals surface area (Å²) in [7, 11) is -3.53. The molecular formula is C17H24N2O3S. The van der Waals surface area contributed by atoms with Gasteiger partial charge < -0.3 is 4.90 Å². The normalized spacial score (nSPS) is 19.4. The van der Waals surface area contributed by atoms with Crippen molar-refractivity contribution in [1.29, 1.82) is 0 Å². The van der Waals surface area contributed by atoms with Crippen molar-refractivity contribution in [2.45, 2.75) is 62.8 Å². The highest BCUT2D eigenvalue weighted by Crippen LogP contribution is 2.31. The number of carbonyl (C=O) groups is 1. The van der Waals surface area contributed by atoms with Crippen molar-refractivity contribution in [3.63, 3.8) is 0 Å². The van der Waals surface area contributed by atoms with E-state index in [1.54, 1.807) is 17.0 Å². The van der Waals surface area contributed by atoms with Crippen LogP contribution in [0.25, 0.3) is 0 Å². The van der Waals surface area contributed by atoms with Gasteiger partial charge in [0.15, 0.2) is 0 Å². The smallest absolute Gasteiger partial charge is 0.240 e. The second-order valence-electron chi connectivity index (χ2n) is 6.52. The topological polar surface area (TPSA) is 66.5 Å². The highest BCUT2D eigenvalue weighted by molar-refractivity contribution is 7.89. The third-order valence-electron chi connectivity index (χ3n) is 4.82. The van der Waals surface area contributed by atoms with Crippen LogP contribution in [0.3, 0.4) is 0 Å². The molecule has 0 atom stereocenters. The molecule has 0 aromatic heterocycles. The van der Waals surface area contributed by atoms with Crippen LogP contribution in [0.2, 0.25) is 0 Å². The first-order valence-electron chi connectivity index (χ1n) is 8.41. The number of amides is 1. The van der Waals surface area contributed by atoms with Gasteiger partial charge in [0.05, 0.1) is 4.90 Å². The molecule has 2 aliphatic rings. The van der Waals surface area contributed by atoms with Crippen molar-refractivity contribution < 1.29 is 13.2 Å². The molecule has 5 nitrogen and oxygen atoms in total. The van der Waals surface area contributed by atoms with Gasteiger partial charge in [0.25, 0.3) is 0 Å². The molecule has 1 amide bonds. The van der Waals surface area contributed by atoms with Crippen LogP contribution in [-0.2, 0) is 21.2 Å². The van der Waals surface area contributed by atoms with E-state index in [0.29, 0.717) is 6.54 Å². The fraction of sp³-hybridized carbons (Fsp3) is 0.588. The van der Waals surface area contributed by atoms with Crippen LogP contribution in [0.1, 0.15) is 51.0 Å². The van der Waals surface area contributed by atoms with Crippen LogP contribution < -0.4 is 9.62 Å². The largest absolute Gasteiger partial charge is 0.312 e. The molecule has 1 aromatic rings. The van der Waals surface area contributed by atoms with Gasteiger partial charge in [-0.25, -0.2) is 13.1 Å². The van der Waals surface area contributed by atoms with Gasteiger partial charge in [-0.3, -0.25) is 4.79 Å². The van der Waals surface area contributed by atoms with Gasteiger partial charge in [-0.1, -0.05) is 31.7 Å². The summed E-state index contributed by atoms with van der Waals surface area (Å²) in [5.74, 6) is -0.0463. The quantitative estimate of drug-likeness (QED) is 0.863. The Labute approximate surface area is 138 Å². The summed E-state index contributed by atoms with van der Waals surface area (Å²) in [4.78, 5) is 13.6. The molecular weight excluding hydrogens is 312 g/mol. The summed E-state index contributed by atoms with van der Waals surface area (Å²) in [6.07, 6.45) is 7.12. The maximum atomic E-state index is 12.7. The van der Waals surface area contributed by atoms with E-state index in [0.717, 1.165) is 43.4 Å². The molecule has 1 N–H and O–H groups in total. The minimum atomic E-state index is -3.53. The Hall–Kier alpha value is -1.40. The third kappa shape index (κ3) is 3.58. The van der Waals surface area contributed by atoms with Crippen molar-refractivity contribution in [3.8, 4) is 0 Å². The van der Waals surface area contributed by atoms with Crippen LogP contribution in [0.15, 0.2) is 23.1 Å². The summed E-state index contributed by atoms with van der Waals surface area (Å²) in [6, 6.07) is 5.16. The summed E-state index contributed by atoms with van der Waals surface area (Å²) in [6.45, 7) is 2.14. The lowest BCUT2D eigenvalue weighted by Crippen LogP contribution is -2.34. The molecule has 3 rings (SSSR count). The first-order chi connectivity index (χ1) is 11.0. The number of anilines is 1. The lowest BCUT2D eigenvalue weighted by atomic mass is 10.1. The Morgan fingerprint density at radius 1 is 1.17 bits per heavy atom. The molecule has 0 radical (unpaired) electrons. The van der Waals surface area contributed by atoms with Gasteiger partial charge in [0.1, 0.15) is 0 Å². The van der Waals surface area contributed by atoms with E-state index in [4.69, 9.17) is 0 Å². The number of hydrogen-bond donors (Lipinski definition) is 1. The predicted octanol–water partition coefficient (Wildman–Crippen LogP) is 2.60. The molecule has 6 heteroatoms. The van der Waals surface area contributed by atoms with Gasteiger partial charge >= 0.3 is 0 Å². The van der Waals surface area contributed by atoms with Crippen LogP contribution in [0.4, 0.5) is 5.69 Å². The lowest BCUT2D eigenvalue weighted by molar-refractivity contribution is -0.116. The first-order valence-corrected chi connectivity index (χ1v) is 9.89. The molecule has 1 saturated carbocycles. The highest BCUT2D eigenvalue weighted by Gasteiger charge is 2.26. The number of carbonyl (C=O) groups excluding carboxylic acids is 1. The Morgan fingerprint density at radius 3 is 2.52 bits per heavy atom. The fourth-order valence-electron chi connectivity index (χ4n) is 3.54. The first kappa shape index (κ1) is 16.5. The van der Waals surface area contributed by atoms with E-state index < -0.39 is 10.0 Å². The Bertz CT molecular complexity index is 692. The maximum absolute atomic E-state index is 12.7. The molecule has 1 aromatic carbocycles. The van der Waals surface area contributed by atoms with E-state index in [-0.39, 0.29) is 16.8 Å². The minimum Gasteiger partial charge on any atom is -0.312 e. The van der Waals surface area contributed by atoms with E-state index in [2.05, 4.69) is 4.72 Å². The summed E-state index contributed by atoms with van der Waals surface area (Å²) < 4.78 is 28.2. The number of benzene rings is 1. The monoisotopic (exact) mass is 336 g/mol. The van der Waals surface area contributed by atoms with Gasteiger partial charge in [-0.2, -0.15) is 0 Å². The summed E-state index contributed by atoms with van der Waals surface area (Å²) >= 11 is 0. The molecule has 126 valence electrons. The molecule has 1 aliphatic heterocycles. The average molecular weight is 336 g/mol. The zero-order valence-electron chi connectivity index (χ0n) is 13.5. The zero-order chi connectivity index (χ0) is 16.4. The third-order valence-corrected chi connectivity index (χ3v) is 6.34. The van der Waals surface area contributed by atoms with E-state index in [1.165, 1.54) is 19.8 Å². The Morgan fingerprint density at radius 2 is 1.87 bits per heavy atom. The molecule has 1 aliphatic carbocycles. The highest BCUT2D eigenvalue weighted by atomic mass is 32.2. The molecule has 0 unspecified atom stereocenters. The van der Waals surface area contributed by atoms with Crippen LogP contribution in [0, 0.1) is 0 Å². The number of sulfonamides is 1. The average Bonchev–Trinajstić information content (AvgIpc) is 2.77. The van der Waals surface area contributed by atoms with Crippen LogP contribution in [-0.4, -0.2) is 26.9 Å². The molecule has 0 bridgehead atoms. The number of nitrogens with zero attached hydrogens (tertiary/aromatic N) is 1. The van der Waals surface area contributed by atoms with Crippen molar-refractivity contribution in [2.24, 2.45) is 0 Å². The molecule has 0 spiro atoms. The summed E-state index contributed by atoms with van der Waals surface area (Å²) in [5, 5.41) is 0. The number of fused-ring (bicyclic) bond motifs is 1. The second-order valence-corrected chi connectivity index (χ2v) is 8.23. The number of hydrogen-bond acceptors (Lipinski definition) is 3. The fourth-order valence-corrected chi connectivity index (χ4v) is 4.86. The minimum absolute atomic E-state index is 0.0275. The lowest BCUT2D eigenvalue weighted by Gasteiger charge is -2.18. The standard InChI is InChI=1S/C17H24N2O3S/c1-13(20)19-11-10-14-8-9-16(12-17(14)19)23(21,22)18-15-6-4-2-3-5-7-15/h8-9,12,15,18H,2-7,10-11H2,1H3. The van der Waals surface area contributed by atoms with E-state index >= 15 is 0 Å². The molecule has 1 fully saturated rings. The maximum Gasteiger partial charge on any atom is 0.240 e. The van der Waals surface area contributed by atoms with Gasteiger partial charge in [0, 0.05) is 25.2 Å². The SMILES string of the molecule is CC(=O)N1CCc2ccc(S(=O)(=O)NC3CCCCCC3)cc21. The second kappa shape index (κ2) is 6.61. The predicted molar refractivity (Wildman–Crippen MR) is 90.0 cm³/mol. The van der Waals surface area contributed by atoms with Crippen molar-refractivity contribution >= 4 is 21.6 Å². The Kier molecular flexibility index (Phi) is 4.73. The number of rotatable bonds is 3. The van der Waals surface area contributed by atoms with Crippen LogP contribution >= 0.6 is 0 Å². The molecule has 0 saturated heterocycles. The van der Waals surface area contributed by atoms with Crippen molar-refractivity contribution in [1.82, 2.24) is 4.72 Å². The Balaban J connectivity index is 1.83. The van der Waals surface area contributed by atoms with Crippen molar-refractivity contribution in [2.75, 3.05) is 11.4 Å². The van der Waals surface area contributed by atoms with Gasteiger partial charge in [-0.15, -0.1) is 0 Å².